The molecule has 2 aliphatic rings. The smallest absolute Gasteiger partial charge is 0.223 e. The van der Waals surface area contributed by atoms with E-state index in [1.54, 1.807) is 6.92 Å². The Kier molecular flexibility index (Phi) is 6.89. The Morgan fingerprint density at radius 2 is 1.74 bits per heavy atom. The Morgan fingerprint density at radius 1 is 1.11 bits per heavy atom. The van der Waals surface area contributed by atoms with Crippen molar-refractivity contribution in [3.8, 4) is 0 Å². The van der Waals surface area contributed by atoms with Crippen molar-refractivity contribution in [1.82, 2.24) is 14.5 Å². The summed E-state index contributed by atoms with van der Waals surface area (Å²) in [5.74, 6) is 0.0883. The molecule has 0 saturated carbocycles. The molecule has 1 amide bonds. The van der Waals surface area contributed by atoms with Crippen LogP contribution in [-0.4, -0.2) is 62.0 Å². The Morgan fingerprint density at radius 3 is 2.33 bits per heavy atom. The number of hydrogen-bond donors (Lipinski definition) is 1. The fourth-order valence-electron chi connectivity index (χ4n) is 4.11. The maximum absolute atomic E-state index is 12.7. The van der Waals surface area contributed by atoms with Gasteiger partial charge in [0.05, 0.1) is 11.8 Å². The fourth-order valence-corrected chi connectivity index (χ4v) is 5.24. The molecule has 150 valence electrons. The molecule has 2 aliphatic heterocycles. The maximum Gasteiger partial charge on any atom is 0.223 e. The van der Waals surface area contributed by atoms with Crippen LogP contribution < -0.4 is 5.32 Å². The summed E-state index contributed by atoms with van der Waals surface area (Å²) in [6, 6.07) is 10.6. The topological polar surface area (TPSA) is 69.7 Å². The number of hydrogen-bond acceptors (Lipinski definition) is 4. The van der Waals surface area contributed by atoms with E-state index >= 15 is 0 Å². The summed E-state index contributed by atoms with van der Waals surface area (Å²) in [5, 5.41) is 3.15. The number of amides is 1. The lowest BCUT2D eigenvalue weighted by atomic mass is 9.97. The van der Waals surface area contributed by atoms with Crippen molar-refractivity contribution >= 4 is 15.9 Å². The van der Waals surface area contributed by atoms with Gasteiger partial charge in [-0.25, -0.2) is 12.7 Å². The number of piperidine rings is 1. The summed E-state index contributed by atoms with van der Waals surface area (Å²) in [6.07, 6.45) is 3.62. The van der Waals surface area contributed by atoms with E-state index in [-0.39, 0.29) is 23.6 Å². The van der Waals surface area contributed by atoms with Crippen molar-refractivity contribution in [3.63, 3.8) is 0 Å². The quantitative estimate of drug-likeness (QED) is 0.769. The average Bonchev–Trinajstić information content (AvgIpc) is 3.23. The largest absolute Gasteiger partial charge is 0.354 e. The molecule has 1 unspecified atom stereocenters. The van der Waals surface area contributed by atoms with E-state index in [0.29, 0.717) is 32.5 Å². The minimum absolute atomic E-state index is 0.0590. The van der Waals surface area contributed by atoms with Gasteiger partial charge in [-0.05, 0) is 51.3 Å². The van der Waals surface area contributed by atoms with E-state index in [2.05, 4.69) is 22.3 Å². The van der Waals surface area contributed by atoms with Crippen LogP contribution in [0.2, 0.25) is 0 Å². The van der Waals surface area contributed by atoms with Crippen molar-refractivity contribution in [3.05, 3.63) is 35.9 Å². The lowest BCUT2D eigenvalue weighted by Crippen LogP contribution is -2.45. The van der Waals surface area contributed by atoms with Gasteiger partial charge in [0.1, 0.15) is 0 Å². The summed E-state index contributed by atoms with van der Waals surface area (Å²) in [4.78, 5) is 15.1. The van der Waals surface area contributed by atoms with E-state index in [4.69, 9.17) is 0 Å². The van der Waals surface area contributed by atoms with Crippen LogP contribution in [0.3, 0.4) is 0 Å². The molecule has 0 aromatic heterocycles. The van der Waals surface area contributed by atoms with Crippen molar-refractivity contribution in [2.75, 3.05) is 38.5 Å². The molecule has 2 fully saturated rings. The molecule has 3 rings (SSSR count). The zero-order chi connectivity index (χ0) is 19.3. The first-order chi connectivity index (χ1) is 13.0. The zero-order valence-electron chi connectivity index (χ0n) is 16.1. The van der Waals surface area contributed by atoms with Gasteiger partial charge in [0, 0.05) is 25.6 Å². The first-order valence-electron chi connectivity index (χ1n) is 10.1. The third-order valence-electron chi connectivity index (χ3n) is 5.82. The Bertz CT molecular complexity index is 709. The highest BCUT2D eigenvalue weighted by Gasteiger charge is 2.31. The van der Waals surface area contributed by atoms with Crippen molar-refractivity contribution < 1.29 is 13.2 Å². The molecule has 1 aromatic rings. The number of likely N-dealkylation sites (tertiary alicyclic amines) is 1. The van der Waals surface area contributed by atoms with Gasteiger partial charge in [0.25, 0.3) is 0 Å². The van der Waals surface area contributed by atoms with E-state index < -0.39 is 10.0 Å². The molecule has 1 aromatic carbocycles. The number of carbonyl (C=O) groups is 1. The standard InChI is InChI=1S/C20H31N3O3S/c1-2-27(25,26)23-14-10-18(11-15-23)20(24)21-16-19(22-12-6-7-13-22)17-8-4-3-5-9-17/h3-5,8-9,18-19H,2,6-7,10-16H2,1H3,(H,21,24). The predicted octanol–water partition coefficient (Wildman–Crippen LogP) is 2.00. The summed E-state index contributed by atoms with van der Waals surface area (Å²) in [5.41, 5.74) is 1.24. The monoisotopic (exact) mass is 393 g/mol. The first-order valence-corrected chi connectivity index (χ1v) is 11.7. The highest BCUT2D eigenvalue weighted by Crippen LogP contribution is 2.25. The molecule has 27 heavy (non-hydrogen) atoms. The lowest BCUT2D eigenvalue weighted by molar-refractivity contribution is -0.126. The van der Waals surface area contributed by atoms with Crippen LogP contribution in [0.15, 0.2) is 30.3 Å². The van der Waals surface area contributed by atoms with Gasteiger partial charge in [0.2, 0.25) is 15.9 Å². The summed E-state index contributed by atoms with van der Waals surface area (Å²) in [7, 11) is -3.15. The third kappa shape index (κ3) is 5.09. The van der Waals surface area contributed by atoms with Gasteiger partial charge in [0.15, 0.2) is 0 Å². The molecule has 0 aliphatic carbocycles. The van der Waals surface area contributed by atoms with Crippen molar-refractivity contribution in [2.45, 2.75) is 38.6 Å². The van der Waals surface area contributed by atoms with Crippen LogP contribution in [0.1, 0.15) is 44.2 Å². The molecule has 0 bridgehead atoms. The maximum atomic E-state index is 12.7. The number of carbonyl (C=O) groups excluding carboxylic acids is 1. The molecule has 1 atom stereocenters. The van der Waals surface area contributed by atoms with E-state index in [9.17, 15) is 13.2 Å². The molecule has 7 heteroatoms. The van der Waals surface area contributed by atoms with Gasteiger partial charge in [-0.2, -0.15) is 0 Å². The lowest BCUT2D eigenvalue weighted by Gasteiger charge is -2.32. The fraction of sp³-hybridized carbons (Fsp3) is 0.650. The highest BCUT2D eigenvalue weighted by molar-refractivity contribution is 7.89. The Balaban J connectivity index is 1.55. The Hall–Kier alpha value is -1.44. The molecule has 1 N–H and O–H groups in total. The normalized spacial score (nSPS) is 21.2. The van der Waals surface area contributed by atoms with Gasteiger partial charge >= 0.3 is 0 Å². The predicted molar refractivity (Wildman–Crippen MR) is 107 cm³/mol. The molecular weight excluding hydrogens is 362 g/mol. The second-order valence-corrected chi connectivity index (χ2v) is 9.75. The van der Waals surface area contributed by atoms with Gasteiger partial charge in [-0.15, -0.1) is 0 Å². The summed E-state index contributed by atoms with van der Waals surface area (Å²) in [6.45, 7) is 5.31. The molecular formula is C20H31N3O3S. The van der Waals surface area contributed by atoms with Gasteiger partial charge in [-0.3, -0.25) is 9.69 Å². The average molecular weight is 394 g/mol. The molecule has 0 spiro atoms. The summed E-state index contributed by atoms with van der Waals surface area (Å²) >= 11 is 0. The number of nitrogens with zero attached hydrogens (tertiary/aromatic N) is 2. The van der Waals surface area contributed by atoms with Crippen molar-refractivity contribution in [1.29, 1.82) is 0 Å². The molecule has 6 nitrogen and oxygen atoms in total. The van der Waals surface area contributed by atoms with Crippen LogP contribution in [0.4, 0.5) is 0 Å². The summed E-state index contributed by atoms with van der Waals surface area (Å²) < 4.78 is 25.5. The van der Waals surface area contributed by atoms with Gasteiger partial charge < -0.3 is 5.32 Å². The number of benzene rings is 1. The van der Waals surface area contributed by atoms with Gasteiger partial charge in [-0.1, -0.05) is 30.3 Å². The highest BCUT2D eigenvalue weighted by atomic mass is 32.2. The number of rotatable bonds is 7. The number of sulfonamides is 1. The number of nitrogens with one attached hydrogen (secondary N) is 1. The van der Waals surface area contributed by atoms with Crippen LogP contribution in [0.5, 0.6) is 0 Å². The first kappa shape index (κ1) is 20.3. The minimum Gasteiger partial charge on any atom is -0.354 e. The Labute approximate surface area is 163 Å². The molecule has 2 heterocycles. The second kappa shape index (κ2) is 9.17. The molecule has 0 radical (unpaired) electrons. The molecule has 2 saturated heterocycles. The minimum atomic E-state index is -3.15. The second-order valence-electron chi connectivity index (χ2n) is 7.49. The SMILES string of the molecule is CCS(=O)(=O)N1CCC(C(=O)NCC(c2ccccc2)N2CCCC2)CC1. The van der Waals surface area contributed by atoms with Crippen LogP contribution in [-0.2, 0) is 14.8 Å². The van der Waals surface area contributed by atoms with E-state index in [1.807, 2.05) is 18.2 Å². The van der Waals surface area contributed by atoms with E-state index in [1.165, 1.54) is 22.7 Å². The van der Waals surface area contributed by atoms with Crippen LogP contribution in [0.25, 0.3) is 0 Å². The third-order valence-corrected chi connectivity index (χ3v) is 7.70. The van der Waals surface area contributed by atoms with E-state index in [0.717, 1.165) is 13.1 Å². The van der Waals surface area contributed by atoms with Crippen LogP contribution >= 0.6 is 0 Å². The van der Waals surface area contributed by atoms with Crippen LogP contribution in [0, 0.1) is 5.92 Å². The van der Waals surface area contributed by atoms with Crippen molar-refractivity contribution in [2.24, 2.45) is 5.92 Å². The zero-order valence-corrected chi connectivity index (χ0v) is 17.0.